The highest BCUT2D eigenvalue weighted by atomic mass is 32.2. The monoisotopic (exact) mass is 351 g/mol. The van der Waals surface area contributed by atoms with E-state index in [4.69, 9.17) is 4.42 Å². The Morgan fingerprint density at radius 2 is 1.72 bits per heavy atom. The quantitative estimate of drug-likeness (QED) is 0.526. The minimum absolute atomic E-state index is 0.171. The summed E-state index contributed by atoms with van der Waals surface area (Å²) in [6.07, 6.45) is 4.28. The van der Waals surface area contributed by atoms with E-state index in [2.05, 4.69) is 0 Å². The molecule has 0 fully saturated rings. The van der Waals surface area contributed by atoms with Crippen molar-refractivity contribution in [1.82, 2.24) is 3.97 Å². The zero-order chi connectivity index (χ0) is 17.4. The summed E-state index contributed by atoms with van der Waals surface area (Å²) in [6.45, 7) is 0. The van der Waals surface area contributed by atoms with Crippen LogP contribution in [0.2, 0.25) is 0 Å². The number of aromatic nitrogens is 1. The maximum atomic E-state index is 12.6. The summed E-state index contributed by atoms with van der Waals surface area (Å²) in [5.74, 6) is -0.245. The molecule has 2 aromatic carbocycles. The number of carbonyl (C=O) groups is 1. The molecule has 0 radical (unpaired) electrons. The molecule has 0 spiro atoms. The average molecular weight is 351 g/mol. The average Bonchev–Trinajstić information content (AvgIpc) is 3.31. The van der Waals surface area contributed by atoms with Gasteiger partial charge in [-0.2, -0.15) is 0 Å². The Hall–Kier alpha value is -3.12. The molecule has 5 nitrogen and oxygen atoms in total. The Morgan fingerprint density at radius 3 is 2.52 bits per heavy atom. The van der Waals surface area contributed by atoms with Crippen molar-refractivity contribution >= 4 is 26.8 Å². The van der Waals surface area contributed by atoms with Gasteiger partial charge >= 0.3 is 0 Å². The maximum absolute atomic E-state index is 12.6. The fraction of sp³-hybridized carbons (Fsp3) is 0. The highest BCUT2D eigenvalue weighted by Gasteiger charge is 2.19. The van der Waals surface area contributed by atoms with Crippen molar-refractivity contribution in [3.63, 3.8) is 0 Å². The summed E-state index contributed by atoms with van der Waals surface area (Å²) < 4.78 is 31.5. The molecule has 25 heavy (non-hydrogen) atoms. The molecule has 0 N–H and O–H groups in total. The number of hydrogen-bond acceptors (Lipinski definition) is 4. The number of carbonyl (C=O) groups excluding carboxylic acids is 1. The number of ketones is 1. The third kappa shape index (κ3) is 2.66. The molecule has 0 saturated carbocycles. The zero-order valence-electron chi connectivity index (χ0n) is 13.0. The fourth-order valence-electron chi connectivity index (χ4n) is 2.65. The molecule has 124 valence electrons. The second-order valence-electron chi connectivity index (χ2n) is 5.55. The topological polar surface area (TPSA) is 69.3 Å². The summed E-state index contributed by atoms with van der Waals surface area (Å²) in [6, 6.07) is 16.5. The fourth-order valence-corrected chi connectivity index (χ4v) is 3.87. The summed E-state index contributed by atoms with van der Waals surface area (Å²) >= 11 is 0. The Balaban J connectivity index is 1.70. The lowest BCUT2D eigenvalue weighted by Gasteiger charge is -2.05. The maximum Gasteiger partial charge on any atom is 0.267 e. The van der Waals surface area contributed by atoms with Crippen LogP contribution in [0, 0.1) is 0 Å². The van der Waals surface area contributed by atoms with Crippen molar-refractivity contribution in [3.05, 3.63) is 90.4 Å². The van der Waals surface area contributed by atoms with Gasteiger partial charge < -0.3 is 4.42 Å². The van der Waals surface area contributed by atoms with Crippen molar-refractivity contribution in [2.45, 2.75) is 4.90 Å². The van der Waals surface area contributed by atoms with Gasteiger partial charge in [-0.05, 0) is 42.5 Å². The van der Waals surface area contributed by atoms with Gasteiger partial charge in [0.1, 0.15) is 5.58 Å². The number of rotatable bonds is 4. The molecule has 4 rings (SSSR count). The van der Waals surface area contributed by atoms with Gasteiger partial charge in [0.25, 0.3) is 10.0 Å². The first-order chi connectivity index (χ1) is 12.1. The lowest BCUT2D eigenvalue weighted by atomic mass is 10.0. The summed E-state index contributed by atoms with van der Waals surface area (Å²) in [4.78, 5) is 12.8. The molecule has 0 atom stereocenters. The number of benzene rings is 2. The standard InChI is InChI=1S/C19H13NO4S/c21-19(15-6-7-18-14(12-15)9-11-24-18)16-8-10-20(13-16)25(22,23)17-4-2-1-3-5-17/h1-13H. The minimum atomic E-state index is -3.71. The highest BCUT2D eigenvalue weighted by Crippen LogP contribution is 2.21. The normalized spacial score (nSPS) is 11.7. The van der Waals surface area contributed by atoms with E-state index in [0.29, 0.717) is 16.7 Å². The van der Waals surface area contributed by atoms with E-state index in [1.807, 2.05) is 0 Å². The molecule has 0 aliphatic heterocycles. The van der Waals surface area contributed by atoms with E-state index in [9.17, 15) is 13.2 Å². The summed E-state index contributed by atoms with van der Waals surface area (Å²) in [5, 5.41) is 0.821. The third-order valence-electron chi connectivity index (χ3n) is 3.96. The zero-order valence-corrected chi connectivity index (χ0v) is 13.8. The predicted octanol–water partition coefficient (Wildman–Crippen LogP) is 3.70. The SMILES string of the molecule is O=C(c1ccc2occc2c1)c1ccn(S(=O)(=O)c2ccccc2)c1. The molecule has 0 unspecified atom stereocenters. The Bertz CT molecular complexity index is 1170. The van der Waals surface area contributed by atoms with Crippen LogP contribution in [-0.4, -0.2) is 18.2 Å². The van der Waals surface area contributed by atoms with Gasteiger partial charge in [0.05, 0.1) is 11.2 Å². The van der Waals surface area contributed by atoms with Gasteiger partial charge in [0, 0.05) is 28.9 Å². The van der Waals surface area contributed by atoms with Crippen LogP contribution in [0.15, 0.2) is 88.6 Å². The van der Waals surface area contributed by atoms with Crippen LogP contribution in [0.3, 0.4) is 0 Å². The number of hydrogen-bond donors (Lipinski definition) is 0. The van der Waals surface area contributed by atoms with E-state index in [0.717, 1.165) is 9.36 Å². The predicted molar refractivity (Wildman–Crippen MR) is 93.1 cm³/mol. The molecule has 6 heteroatoms. The minimum Gasteiger partial charge on any atom is -0.464 e. The van der Waals surface area contributed by atoms with Crippen LogP contribution in [0.1, 0.15) is 15.9 Å². The van der Waals surface area contributed by atoms with Crippen LogP contribution in [0.25, 0.3) is 11.0 Å². The molecule has 0 bridgehead atoms. The Kier molecular flexibility index (Phi) is 3.54. The number of furan rings is 1. The molecular formula is C19H13NO4S. The van der Waals surface area contributed by atoms with Gasteiger partial charge in [-0.3, -0.25) is 4.79 Å². The number of nitrogens with zero attached hydrogens (tertiary/aromatic N) is 1. The molecule has 4 aromatic rings. The first-order valence-electron chi connectivity index (χ1n) is 7.56. The van der Waals surface area contributed by atoms with Crippen LogP contribution in [0.5, 0.6) is 0 Å². The largest absolute Gasteiger partial charge is 0.464 e. The van der Waals surface area contributed by atoms with Crippen LogP contribution < -0.4 is 0 Å². The smallest absolute Gasteiger partial charge is 0.267 e. The first-order valence-corrected chi connectivity index (χ1v) is 9.00. The molecule has 2 aromatic heterocycles. The van der Waals surface area contributed by atoms with Crippen LogP contribution in [-0.2, 0) is 10.0 Å². The Labute approximate surface area is 144 Å². The van der Waals surface area contributed by atoms with Crippen LogP contribution in [0.4, 0.5) is 0 Å². The van der Waals surface area contributed by atoms with E-state index in [1.165, 1.54) is 30.6 Å². The van der Waals surface area contributed by atoms with Gasteiger partial charge in [-0.15, -0.1) is 0 Å². The molecule has 2 heterocycles. The lowest BCUT2D eigenvalue weighted by Crippen LogP contribution is -2.11. The first kappa shape index (κ1) is 15.4. The Morgan fingerprint density at radius 1 is 0.920 bits per heavy atom. The summed E-state index contributed by atoms with van der Waals surface area (Å²) in [5.41, 5.74) is 1.48. The van der Waals surface area contributed by atoms with Crippen molar-refractivity contribution in [3.8, 4) is 0 Å². The number of fused-ring (bicyclic) bond motifs is 1. The molecule has 0 amide bonds. The molecular weight excluding hydrogens is 338 g/mol. The highest BCUT2D eigenvalue weighted by molar-refractivity contribution is 7.90. The van der Waals surface area contributed by atoms with Gasteiger partial charge in [0.2, 0.25) is 0 Å². The van der Waals surface area contributed by atoms with Gasteiger partial charge in [-0.1, -0.05) is 18.2 Å². The van der Waals surface area contributed by atoms with E-state index in [1.54, 1.807) is 48.7 Å². The third-order valence-corrected chi connectivity index (χ3v) is 5.61. The van der Waals surface area contributed by atoms with Crippen LogP contribution >= 0.6 is 0 Å². The van der Waals surface area contributed by atoms with Crippen molar-refractivity contribution < 1.29 is 17.6 Å². The second-order valence-corrected chi connectivity index (χ2v) is 7.39. The second kappa shape index (κ2) is 5.75. The summed E-state index contributed by atoms with van der Waals surface area (Å²) in [7, 11) is -3.71. The lowest BCUT2D eigenvalue weighted by molar-refractivity contribution is 0.103. The van der Waals surface area contributed by atoms with Gasteiger partial charge in [0.15, 0.2) is 5.78 Å². The van der Waals surface area contributed by atoms with E-state index in [-0.39, 0.29) is 10.7 Å². The van der Waals surface area contributed by atoms with Crippen molar-refractivity contribution in [2.75, 3.05) is 0 Å². The molecule has 0 saturated heterocycles. The van der Waals surface area contributed by atoms with Crippen molar-refractivity contribution in [2.24, 2.45) is 0 Å². The van der Waals surface area contributed by atoms with Gasteiger partial charge in [-0.25, -0.2) is 12.4 Å². The van der Waals surface area contributed by atoms with E-state index < -0.39 is 10.0 Å². The molecule has 0 aliphatic rings. The molecule has 0 aliphatic carbocycles. The van der Waals surface area contributed by atoms with Crippen molar-refractivity contribution in [1.29, 1.82) is 0 Å². The van der Waals surface area contributed by atoms with E-state index >= 15 is 0 Å².